The number of pyridine rings is 1. The van der Waals surface area contributed by atoms with Crippen molar-refractivity contribution in [2.45, 2.75) is 26.4 Å². The lowest BCUT2D eigenvalue weighted by atomic mass is 10.2. The van der Waals surface area contributed by atoms with Gasteiger partial charge >= 0.3 is 0 Å². The first kappa shape index (κ1) is 14.3. The molecule has 1 atom stereocenters. The van der Waals surface area contributed by atoms with Gasteiger partial charge < -0.3 is 5.32 Å². The highest BCUT2D eigenvalue weighted by Crippen LogP contribution is 2.15. The average molecular weight is 253 g/mol. The molecule has 1 heterocycles. The number of nitrogens with zero attached hydrogens (tertiary/aromatic N) is 2. The lowest BCUT2D eigenvalue weighted by Crippen LogP contribution is -2.30. The van der Waals surface area contributed by atoms with Crippen LogP contribution in [0.2, 0.25) is 0 Å². The van der Waals surface area contributed by atoms with Gasteiger partial charge in [-0.3, -0.25) is 4.90 Å². The summed E-state index contributed by atoms with van der Waals surface area (Å²) in [6, 6.07) is 4.73. The van der Waals surface area contributed by atoms with Crippen LogP contribution in [0.15, 0.2) is 18.3 Å². The monoisotopic (exact) mass is 253 g/mol. The quantitative estimate of drug-likeness (QED) is 0.809. The summed E-state index contributed by atoms with van der Waals surface area (Å²) in [5, 5.41) is 3.31. The van der Waals surface area contributed by atoms with Gasteiger partial charge in [-0.05, 0) is 33.2 Å². The molecule has 0 aliphatic carbocycles. The number of aromatic nitrogens is 1. The number of thioether (sulfide) groups is 1. The van der Waals surface area contributed by atoms with E-state index in [0.29, 0.717) is 6.04 Å². The summed E-state index contributed by atoms with van der Waals surface area (Å²) in [7, 11) is 2.17. The highest BCUT2D eigenvalue weighted by molar-refractivity contribution is 7.98. The molecule has 3 nitrogen and oxygen atoms in total. The van der Waals surface area contributed by atoms with Crippen molar-refractivity contribution in [3.63, 3.8) is 0 Å². The Hall–Kier alpha value is -0.740. The van der Waals surface area contributed by atoms with E-state index in [9.17, 15) is 0 Å². The maximum absolute atomic E-state index is 4.38. The number of anilines is 1. The molecule has 1 N–H and O–H groups in total. The van der Waals surface area contributed by atoms with E-state index < -0.39 is 0 Å². The zero-order valence-corrected chi connectivity index (χ0v) is 12.0. The van der Waals surface area contributed by atoms with Gasteiger partial charge in [0.05, 0.1) is 0 Å². The van der Waals surface area contributed by atoms with Crippen molar-refractivity contribution in [2.24, 2.45) is 0 Å². The van der Waals surface area contributed by atoms with Gasteiger partial charge in [0.25, 0.3) is 0 Å². The highest BCUT2D eigenvalue weighted by atomic mass is 32.2. The summed E-state index contributed by atoms with van der Waals surface area (Å²) >= 11 is 1.89. The predicted molar refractivity (Wildman–Crippen MR) is 77.7 cm³/mol. The standard InChI is InChI=1S/C13H23N3S/c1-5-14-13-12(7-6-8-15-13)9-16(3)11(2)10-17-4/h6-8,11H,5,9-10H2,1-4H3,(H,14,15). The minimum Gasteiger partial charge on any atom is -0.370 e. The fraction of sp³-hybridized carbons (Fsp3) is 0.615. The molecule has 0 amide bonds. The van der Waals surface area contributed by atoms with Crippen LogP contribution in [0.4, 0.5) is 5.82 Å². The molecule has 0 spiro atoms. The number of hydrogen-bond acceptors (Lipinski definition) is 4. The third-order valence-corrected chi connectivity index (χ3v) is 3.63. The van der Waals surface area contributed by atoms with E-state index in [-0.39, 0.29) is 0 Å². The van der Waals surface area contributed by atoms with Gasteiger partial charge in [0.1, 0.15) is 5.82 Å². The van der Waals surface area contributed by atoms with Crippen LogP contribution in [0.1, 0.15) is 19.4 Å². The van der Waals surface area contributed by atoms with Gasteiger partial charge in [-0.2, -0.15) is 11.8 Å². The van der Waals surface area contributed by atoms with Crippen molar-refractivity contribution < 1.29 is 0 Å². The third kappa shape index (κ3) is 4.56. The summed E-state index contributed by atoms with van der Waals surface area (Å²) < 4.78 is 0. The maximum Gasteiger partial charge on any atom is 0.130 e. The largest absolute Gasteiger partial charge is 0.370 e. The van der Waals surface area contributed by atoms with Crippen LogP contribution >= 0.6 is 11.8 Å². The molecular formula is C13H23N3S. The first-order valence-corrected chi connectivity index (χ1v) is 7.45. The van der Waals surface area contributed by atoms with Gasteiger partial charge in [0.15, 0.2) is 0 Å². The molecule has 0 bridgehead atoms. The molecule has 0 saturated carbocycles. The van der Waals surface area contributed by atoms with Gasteiger partial charge in [-0.15, -0.1) is 0 Å². The fourth-order valence-corrected chi connectivity index (χ4v) is 2.42. The lowest BCUT2D eigenvalue weighted by Gasteiger charge is -2.24. The summed E-state index contributed by atoms with van der Waals surface area (Å²) in [4.78, 5) is 6.75. The first-order valence-electron chi connectivity index (χ1n) is 6.06. The van der Waals surface area contributed by atoms with Gasteiger partial charge in [-0.25, -0.2) is 4.98 Å². The number of rotatable bonds is 7. The number of nitrogens with one attached hydrogen (secondary N) is 1. The molecule has 0 aliphatic heterocycles. The second-order valence-corrected chi connectivity index (χ2v) is 5.17. The van der Waals surface area contributed by atoms with E-state index in [0.717, 1.165) is 24.7 Å². The molecule has 1 aromatic heterocycles. The Morgan fingerprint density at radius 2 is 2.29 bits per heavy atom. The number of hydrogen-bond donors (Lipinski definition) is 1. The Kier molecular flexibility index (Phi) is 6.37. The molecule has 0 aliphatic rings. The first-order chi connectivity index (χ1) is 8.19. The van der Waals surface area contributed by atoms with Crippen molar-refractivity contribution in [3.05, 3.63) is 23.9 Å². The molecule has 0 fully saturated rings. The van der Waals surface area contributed by atoms with Crippen LogP contribution in [-0.2, 0) is 6.54 Å². The van der Waals surface area contributed by atoms with E-state index in [1.54, 1.807) is 0 Å². The van der Waals surface area contributed by atoms with Crippen molar-refractivity contribution >= 4 is 17.6 Å². The van der Waals surface area contributed by atoms with E-state index in [1.807, 2.05) is 24.0 Å². The van der Waals surface area contributed by atoms with E-state index >= 15 is 0 Å². The van der Waals surface area contributed by atoms with Crippen LogP contribution in [0.3, 0.4) is 0 Å². The topological polar surface area (TPSA) is 28.2 Å². The second-order valence-electron chi connectivity index (χ2n) is 4.26. The summed E-state index contributed by atoms with van der Waals surface area (Å²) in [5.74, 6) is 2.17. The van der Waals surface area contributed by atoms with Crippen LogP contribution in [0.5, 0.6) is 0 Å². The van der Waals surface area contributed by atoms with E-state index in [4.69, 9.17) is 0 Å². The Balaban J connectivity index is 2.66. The van der Waals surface area contributed by atoms with Gasteiger partial charge in [0.2, 0.25) is 0 Å². The Bertz CT molecular complexity index is 330. The fourth-order valence-electron chi connectivity index (χ4n) is 1.69. The highest BCUT2D eigenvalue weighted by Gasteiger charge is 2.11. The Labute approximate surface area is 109 Å². The molecule has 96 valence electrons. The van der Waals surface area contributed by atoms with E-state index in [1.165, 1.54) is 5.56 Å². The zero-order chi connectivity index (χ0) is 12.7. The molecule has 0 saturated heterocycles. The summed E-state index contributed by atoms with van der Waals surface area (Å²) in [6.45, 7) is 6.21. The van der Waals surface area contributed by atoms with Crippen molar-refractivity contribution in [1.29, 1.82) is 0 Å². The molecular weight excluding hydrogens is 230 g/mol. The molecule has 17 heavy (non-hydrogen) atoms. The normalized spacial score (nSPS) is 12.8. The van der Waals surface area contributed by atoms with Crippen molar-refractivity contribution in [2.75, 3.05) is 30.9 Å². The van der Waals surface area contributed by atoms with Crippen LogP contribution in [0, 0.1) is 0 Å². The third-order valence-electron chi connectivity index (χ3n) is 2.82. The van der Waals surface area contributed by atoms with Crippen molar-refractivity contribution in [1.82, 2.24) is 9.88 Å². The molecule has 1 rings (SSSR count). The predicted octanol–water partition coefficient (Wildman–Crippen LogP) is 2.70. The molecule has 4 heteroatoms. The van der Waals surface area contributed by atoms with Crippen LogP contribution < -0.4 is 5.32 Å². The molecule has 0 radical (unpaired) electrons. The second kappa shape index (κ2) is 7.56. The molecule has 1 unspecified atom stereocenters. The SMILES string of the molecule is CCNc1ncccc1CN(C)C(C)CSC. The van der Waals surface area contributed by atoms with E-state index in [2.05, 4.69) is 48.4 Å². The molecule has 1 aromatic rings. The maximum atomic E-state index is 4.38. The van der Waals surface area contributed by atoms with Gasteiger partial charge in [0, 0.05) is 36.6 Å². The summed E-state index contributed by atoms with van der Waals surface area (Å²) in [5.41, 5.74) is 1.27. The molecule has 0 aromatic carbocycles. The van der Waals surface area contributed by atoms with Crippen LogP contribution in [-0.4, -0.2) is 41.5 Å². The Morgan fingerprint density at radius 3 is 2.94 bits per heavy atom. The Morgan fingerprint density at radius 1 is 1.53 bits per heavy atom. The van der Waals surface area contributed by atoms with Crippen molar-refractivity contribution in [3.8, 4) is 0 Å². The minimum atomic E-state index is 0.583. The summed E-state index contributed by atoms with van der Waals surface area (Å²) in [6.07, 6.45) is 3.99. The average Bonchev–Trinajstić information content (AvgIpc) is 2.32. The smallest absolute Gasteiger partial charge is 0.130 e. The minimum absolute atomic E-state index is 0.583. The lowest BCUT2D eigenvalue weighted by molar-refractivity contribution is 0.270. The van der Waals surface area contributed by atoms with Crippen LogP contribution in [0.25, 0.3) is 0 Å². The van der Waals surface area contributed by atoms with Gasteiger partial charge in [-0.1, -0.05) is 6.07 Å². The zero-order valence-electron chi connectivity index (χ0n) is 11.2.